The summed E-state index contributed by atoms with van der Waals surface area (Å²) in [6.45, 7) is 7.77. The van der Waals surface area contributed by atoms with E-state index in [1.165, 1.54) is 0 Å². The van der Waals surface area contributed by atoms with Crippen molar-refractivity contribution in [3.05, 3.63) is 20.2 Å². The lowest BCUT2D eigenvalue weighted by molar-refractivity contribution is -0.541. The number of hydrogen-bond acceptors (Lipinski definition) is 8. The highest BCUT2D eigenvalue weighted by atomic mass is 32.2. The van der Waals surface area contributed by atoms with E-state index >= 15 is 0 Å². The van der Waals surface area contributed by atoms with Crippen molar-refractivity contribution in [1.29, 1.82) is 0 Å². The van der Waals surface area contributed by atoms with Crippen LogP contribution in [0.25, 0.3) is 0 Å². The highest BCUT2D eigenvalue weighted by Crippen LogP contribution is 2.67. The molecule has 2 N–H and O–H groups in total. The smallest absolute Gasteiger partial charge is 0.220 e. The van der Waals surface area contributed by atoms with Gasteiger partial charge in [-0.05, 0) is 61.2 Å². The van der Waals surface area contributed by atoms with Crippen LogP contribution in [-0.4, -0.2) is 62.4 Å². The van der Waals surface area contributed by atoms with Crippen molar-refractivity contribution < 1.29 is 26.7 Å². The summed E-state index contributed by atoms with van der Waals surface area (Å²) in [5, 5.41) is 23.9. The third-order valence-electron chi connectivity index (χ3n) is 12.6. The second-order valence-electron chi connectivity index (χ2n) is 14.6. The number of fused-ring (bicyclic) bond motifs is 4. The van der Waals surface area contributed by atoms with E-state index in [4.69, 9.17) is 0 Å². The number of rotatable bonds is 10. The molecule has 4 bridgehead atoms. The van der Waals surface area contributed by atoms with E-state index in [1.54, 1.807) is 0 Å². The van der Waals surface area contributed by atoms with Crippen molar-refractivity contribution in [3.63, 3.8) is 0 Å². The Kier molecular flexibility index (Phi) is 7.20. The lowest BCUT2D eigenvalue weighted by atomic mass is 9.69. The fourth-order valence-electron chi connectivity index (χ4n) is 9.97. The summed E-state index contributed by atoms with van der Waals surface area (Å²) < 4.78 is 59.9. The molecule has 5 fully saturated rings. The molecule has 0 saturated heterocycles. The van der Waals surface area contributed by atoms with Crippen LogP contribution in [0, 0.1) is 53.7 Å². The summed E-state index contributed by atoms with van der Waals surface area (Å²) in [5.41, 5.74) is -2.93. The molecule has 0 heterocycles. The summed E-state index contributed by atoms with van der Waals surface area (Å²) >= 11 is 0. The molecule has 5 rings (SSSR count). The maximum atomic E-state index is 13.6. The van der Waals surface area contributed by atoms with Crippen LogP contribution in [0.5, 0.6) is 0 Å². The first-order chi connectivity index (χ1) is 18.4. The van der Waals surface area contributed by atoms with Crippen LogP contribution in [-0.2, 0) is 20.0 Å². The van der Waals surface area contributed by atoms with Crippen LogP contribution < -0.4 is 9.44 Å². The SMILES string of the molecule is CC1(C)[C@@H]2CC[C@@]1(CS(=O)(=O)N[C@H]1CCCC[C@@H]1NS(=O)(=O)C[C@]13CC[C@H](C[C@H]1[N+](=O)[O-])C3(C)C)[C@H]([N+](=O)[O-])C2. The van der Waals surface area contributed by atoms with Gasteiger partial charge in [-0.3, -0.25) is 20.2 Å². The van der Waals surface area contributed by atoms with Gasteiger partial charge in [0.25, 0.3) is 0 Å². The van der Waals surface area contributed by atoms with Crippen molar-refractivity contribution in [3.8, 4) is 0 Å². The number of nitrogens with zero attached hydrogens (tertiary/aromatic N) is 2. The summed E-state index contributed by atoms with van der Waals surface area (Å²) in [5.74, 6) is -0.503. The van der Waals surface area contributed by atoms with Gasteiger partial charge in [0.15, 0.2) is 0 Å². The van der Waals surface area contributed by atoms with Gasteiger partial charge in [0, 0.05) is 34.8 Å². The first-order valence-corrected chi connectivity index (χ1v) is 17.9. The lowest BCUT2D eigenvalue weighted by Gasteiger charge is -2.40. The van der Waals surface area contributed by atoms with Gasteiger partial charge in [0.05, 0.1) is 22.3 Å². The van der Waals surface area contributed by atoms with E-state index in [9.17, 15) is 37.1 Å². The maximum absolute atomic E-state index is 13.6. The second kappa shape index (κ2) is 9.57. The highest BCUT2D eigenvalue weighted by molar-refractivity contribution is 7.89. The molecule has 0 radical (unpaired) electrons. The molecular weight excluding hydrogens is 560 g/mol. The monoisotopic (exact) mass is 604 g/mol. The van der Waals surface area contributed by atoms with Crippen LogP contribution in [0.3, 0.4) is 0 Å². The minimum Gasteiger partial charge on any atom is -0.264 e. The predicted octanol–water partition coefficient (Wildman–Crippen LogP) is 3.08. The largest absolute Gasteiger partial charge is 0.264 e. The van der Waals surface area contributed by atoms with Crippen molar-refractivity contribution in [2.75, 3.05) is 11.5 Å². The summed E-state index contributed by atoms with van der Waals surface area (Å²) in [6, 6.07) is -3.20. The Hall–Kier alpha value is -1.38. The third kappa shape index (κ3) is 4.50. The van der Waals surface area contributed by atoms with Crippen LogP contribution in [0.4, 0.5) is 0 Å². The summed E-state index contributed by atoms with van der Waals surface area (Å²) in [6.07, 6.45) is 5.60. The predicted molar refractivity (Wildman–Crippen MR) is 149 cm³/mol. The Morgan fingerprint density at radius 1 is 0.675 bits per heavy atom. The molecule has 0 aromatic carbocycles. The molecule has 8 atom stereocenters. The zero-order valence-electron chi connectivity index (χ0n) is 23.9. The van der Waals surface area contributed by atoms with Gasteiger partial charge in [0.2, 0.25) is 32.1 Å². The second-order valence-corrected chi connectivity index (χ2v) is 18.1. The minimum atomic E-state index is -3.98. The van der Waals surface area contributed by atoms with Crippen molar-refractivity contribution in [1.82, 2.24) is 9.44 Å². The van der Waals surface area contributed by atoms with Crippen LogP contribution >= 0.6 is 0 Å². The topological polar surface area (TPSA) is 179 Å². The van der Waals surface area contributed by atoms with Crippen LogP contribution in [0.2, 0.25) is 0 Å². The van der Waals surface area contributed by atoms with Gasteiger partial charge in [-0.2, -0.15) is 0 Å². The number of nitro groups is 2. The van der Waals surface area contributed by atoms with Gasteiger partial charge in [-0.25, -0.2) is 26.3 Å². The van der Waals surface area contributed by atoms with Gasteiger partial charge in [-0.1, -0.05) is 40.5 Å². The Morgan fingerprint density at radius 3 is 1.32 bits per heavy atom. The Morgan fingerprint density at radius 2 is 1.02 bits per heavy atom. The van der Waals surface area contributed by atoms with E-state index in [1.807, 2.05) is 27.7 Å². The minimum absolute atomic E-state index is 0.102. The fraction of sp³-hybridized carbons (Fsp3) is 1.00. The summed E-state index contributed by atoms with van der Waals surface area (Å²) in [4.78, 5) is 23.3. The summed E-state index contributed by atoms with van der Waals surface area (Å²) in [7, 11) is -7.97. The quantitative estimate of drug-likeness (QED) is 0.282. The first-order valence-electron chi connectivity index (χ1n) is 14.6. The molecule has 0 spiro atoms. The molecule has 12 nitrogen and oxygen atoms in total. The van der Waals surface area contributed by atoms with Crippen molar-refractivity contribution >= 4 is 20.0 Å². The molecule has 5 saturated carbocycles. The molecule has 0 aromatic rings. The van der Waals surface area contributed by atoms with Crippen molar-refractivity contribution in [2.45, 2.75) is 116 Å². The molecule has 0 aliphatic heterocycles. The molecule has 14 heteroatoms. The Labute approximate surface area is 237 Å². The molecule has 0 amide bonds. The standard InChI is InChI=1S/C26H44N4O8S2/c1-23(2)17-9-11-25(23,21(13-17)29(31)32)15-39(35,36)27-19-7-5-6-8-20(19)28-40(37,38)16-26-12-10-18(24(26,3)4)14-22(26)30(33)34/h17-22,27-28H,5-16H2,1-4H3/t17-,18-,19+,20+,21-,22-,25-,26-/m1/s1. The normalized spacial score (nSPS) is 41.8. The van der Waals surface area contributed by atoms with Gasteiger partial charge in [-0.15, -0.1) is 0 Å². The molecular formula is C26H44N4O8S2. The zero-order valence-corrected chi connectivity index (χ0v) is 25.6. The van der Waals surface area contributed by atoms with Crippen molar-refractivity contribution in [2.24, 2.45) is 33.5 Å². The molecule has 5 aliphatic rings. The zero-order chi connectivity index (χ0) is 29.5. The fourth-order valence-corrected chi connectivity index (χ4v) is 14.4. The molecule has 40 heavy (non-hydrogen) atoms. The number of sulfonamides is 2. The average Bonchev–Trinajstić information content (AvgIpc) is 3.37. The molecule has 0 aromatic heterocycles. The Bertz CT molecular complexity index is 1190. The van der Waals surface area contributed by atoms with Gasteiger partial charge >= 0.3 is 0 Å². The number of hydrogen-bond donors (Lipinski definition) is 2. The molecule has 5 aliphatic carbocycles. The average molecular weight is 605 g/mol. The van der Waals surface area contributed by atoms with Gasteiger partial charge < -0.3 is 0 Å². The van der Waals surface area contributed by atoms with E-state index in [2.05, 4.69) is 9.44 Å². The number of nitrogens with one attached hydrogen (secondary N) is 2. The molecule has 228 valence electrons. The first kappa shape index (κ1) is 30.1. The van der Waals surface area contributed by atoms with Crippen LogP contribution in [0.1, 0.15) is 91.9 Å². The third-order valence-corrected chi connectivity index (χ3v) is 15.7. The van der Waals surface area contributed by atoms with Crippen LogP contribution in [0.15, 0.2) is 0 Å². The van der Waals surface area contributed by atoms with E-state index in [0.717, 1.165) is 25.7 Å². The van der Waals surface area contributed by atoms with E-state index in [0.29, 0.717) is 38.5 Å². The Balaban J connectivity index is 1.33. The lowest BCUT2D eigenvalue weighted by Crippen LogP contribution is -2.57. The highest BCUT2D eigenvalue weighted by Gasteiger charge is 2.71. The van der Waals surface area contributed by atoms with E-state index in [-0.39, 0.29) is 33.2 Å². The molecule has 0 unspecified atom stereocenters. The maximum Gasteiger partial charge on any atom is 0.220 e. The van der Waals surface area contributed by atoms with E-state index < -0.39 is 65.9 Å². The van der Waals surface area contributed by atoms with Gasteiger partial charge in [0.1, 0.15) is 0 Å².